The molecule has 47 heavy (non-hydrogen) atoms. The highest BCUT2D eigenvalue weighted by atomic mass is 14.7. The highest BCUT2D eigenvalue weighted by molar-refractivity contribution is 6.25. The number of hydrogen-bond acceptors (Lipinski definition) is 1. The maximum Gasteiger partial charge on any atom is 0.0783 e. The Morgan fingerprint density at radius 1 is 0.404 bits per heavy atom. The smallest absolute Gasteiger partial charge is 0.0783 e. The second-order valence-corrected chi connectivity index (χ2v) is 13.5. The Bertz CT molecular complexity index is 2730. The summed E-state index contributed by atoms with van der Waals surface area (Å²) >= 11 is 0. The third kappa shape index (κ3) is 3.69. The van der Waals surface area contributed by atoms with Gasteiger partial charge in [0.25, 0.3) is 0 Å². The van der Waals surface area contributed by atoms with Gasteiger partial charge in [0, 0.05) is 22.4 Å². The molecule has 0 spiro atoms. The zero-order valence-electron chi connectivity index (χ0n) is 26.4. The first-order valence-corrected chi connectivity index (χ1v) is 16.5. The van der Waals surface area contributed by atoms with Gasteiger partial charge in [-0.25, -0.2) is 0 Å². The van der Waals surface area contributed by atoms with Gasteiger partial charge in [-0.1, -0.05) is 135 Å². The van der Waals surface area contributed by atoms with Gasteiger partial charge in [0.2, 0.25) is 0 Å². The van der Waals surface area contributed by atoms with Gasteiger partial charge in [-0.2, -0.15) is 0 Å². The van der Waals surface area contributed by atoms with Crippen LogP contribution in [-0.4, -0.2) is 4.98 Å². The van der Waals surface area contributed by atoms with Crippen LogP contribution < -0.4 is 0 Å². The van der Waals surface area contributed by atoms with E-state index >= 15 is 0 Å². The van der Waals surface area contributed by atoms with Gasteiger partial charge < -0.3 is 0 Å². The molecule has 1 heterocycles. The van der Waals surface area contributed by atoms with Crippen molar-refractivity contribution in [3.05, 3.63) is 163 Å². The first kappa shape index (κ1) is 26.4. The lowest BCUT2D eigenvalue weighted by atomic mass is 9.79. The molecule has 0 radical (unpaired) electrons. The lowest BCUT2D eigenvalue weighted by Gasteiger charge is -2.24. The highest BCUT2D eigenvalue weighted by Gasteiger charge is 2.38. The number of benzene rings is 8. The first-order chi connectivity index (χ1) is 23.1. The van der Waals surface area contributed by atoms with Gasteiger partial charge in [0.15, 0.2) is 0 Å². The number of pyridine rings is 1. The first-order valence-electron chi connectivity index (χ1n) is 16.5. The van der Waals surface area contributed by atoms with Crippen LogP contribution in [0.1, 0.15) is 25.0 Å². The fourth-order valence-corrected chi connectivity index (χ4v) is 8.49. The third-order valence-corrected chi connectivity index (χ3v) is 10.6. The Morgan fingerprint density at radius 2 is 0.936 bits per heavy atom. The van der Waals surface area contributed by atoms with Crippen molar-refractivity contribution >= 4 is 54.0 Å². The molecule has 0 aliphatic heterocycles. The van der Waals surface area contributed by atoms with E-state index in [1.165, 1.54) is 93.0 Å². The van der Waals surface area contributed by atoms with Crippen molar-refractivity contribution in [2.75, 3.05) is 0 Å². The molecule has 1 heteroatoms. The summed E-state index contributed by atoms with van der Waals surface area (Å²) in [5.41, 5.74) is 11.3. The van der Waals surface area contributed by atoms with Crippen LogP contribution >= 0.6 is 0 Å². The molecule has 1 nitrogen and oxygen atoms in total. The fourth-order valence-electron chi connectivity index (χ4n) is 8.49. The van der Waals surface area contributed by atoms with Crippen LogP contribution in [0.25, 0.3) is 87.4 Å². The van der Waals surface area contributed by atoms with E-state index in [1.807, 2.05) is 6.20 Å². The fraction of sp³-hybridized carbons (Fsp3) is 0.0652. The van der Waals surface area contributed by atoms with E-state index in [9.17, 15) is 0 Å². The number of nitrogens with zero attached hydrogens (tertiary/aromatic N) is 1. The largest absolute Gasteiger partial charge is 0.256 e. The molecule has 10 rings (SSSR count). The van der Waals surface area contributed by atoms with Crippen LogP contribution in [0.4, 0.5) is 0 Å². The van der Waals surface area contributed by atoms with Gasteiger partial charge in [-0.3, -0.25) is 4.98 Å². The summed E-state index contributed by atoms with van der Waals surface area (Å²) in [6.45, 7) is 4.75. The molecule has 0 amide bonds. The van der Waals surface area contributed by atoms with Gasteiger partial charge in [-0.15, -0.1) is 0 Å². The van der Waals surface area contributed by atoms with Gasteiger partial charge in [0.05, 0.1) is 5.52 Å². The van der Waals surface area contributed by atoms with Crippen molar-refractivity contribution < 1.29 is 0 Å². The Kier molecular flexibility index (Phi) is 5.40. The van der Waals surface area contributed by atoms with Crippen LogP contribution in [0, 0.1) is 0 Å². The molecule has 1 aromatic heterocycles. The average Bonchev–Trinajstić information content (AvgIpc) is 3.38. The van der Waals surface area contributed by atoms with E-state index in [0.29, 0.717) is 0 Å². The molecule has 0 N–H and O–H groups in total. The predicted octanol–water partition coefficient (Wildman–Crippen LogP) is 12.5. The van der Waals surface area contributed by atoms with E-state index in [0.717, 1.165) is 5.52 Å². The van der Waals surface area contributed by atoms with Crippen LogP contribution in [0.5, 0.6) is 0 Å². The highest BCUT2D eigenvalue weighted by Crippen LogP contribution is 2.55. The quantitative estimate of drug-likeness (QED) is 0.181. The zero-order valence-corrected chi connectivity index (χ0v) is 26.4. The Hall–Kier alpha value is -5.79. The summed E-state index contributed by atoms with van der Waals surface area (Å²) in [5, 5.41) is 11.6. The Labute approximate surface area is 273 Å². The number of rotatable bonds is 2. The Morgan fingerprint density at radius 3 is 1.64 bits per heavy atom. The molecule has 1 aliphatic rings. The van der Waals surface area contributed by atoms with Crippen molar-refractivity contribution in [3.63, 3.8) is 0 Å². The van der Waals surface area contributed by atoms with E-state index < -0.39 is 0 Å². The third-order valence-electron chi connectivity index (χ3n) is 10.6. The normalized spacial score (nSPS) is 13.5. The van der Waals surface area contributed by atoms with E-state index in [4.69, 9.17) is 4.98 Å². The van der Waals surface area contributed by atoms with Crippen molar-refractivity contribution in [1.29, 1.82) is 0 Å². The molecule has 0 saturated carbocycles. The summed E-state index contributed by atoms with van der Waals surface area (Å²) < 4.78 is 0. The molecule has 0 fully saturated rings. The molecular weight excluding hydrogens is 567 g/mol. The average molecular weight is 598 g/mol. The van der Waals surface area contributed by atoms with Gasteiger partial charge in [0.1, 0.15) is 0 Å². The van der Waals surface area contributed by atoms with Crippen molar-refractivity contribution in [1.82, 2.24) is 4.98 Å². The second kappa shape index (κ2) is 9.61. The molecule has 9 aromatic rings. The monoisotopic (exact) mass is 597 g/mol. The standard InChI is InChI=1S/C46H31N/c1-46(2)42-27-31(21-23-39(42)43-37-17-7-8-18-38(37)45-40(44(43)46)19-10-24-47-45)29-12-9-11-28(25-29)30-20-22-36-34-15-4-3-13-32(34)33-14-5-6-16-35(33)41(36)26-30/h3-27H,1-2H3. The minimum absolute atomic E-state index is 0.161. The number of hydrogen-bond donors (Lipinski definition) is 0. The molecule has 8 aromatic carbocycles. The number of fused-ring (bicyclic) bond motifs is 14. The summed E-state index contributed by atoms with van der Waals surface area (Å²) in [4.78, 5) is 4.87. The van der Waals surface area contributed by atoms with Crippen LogP contribution in [0.2, 0.25) is 0 Å². The lowest BCUT2D eigenvalue weighted by molar-refractivity contribution is 0.666. The van der Waals surface area contributed by atoms with E-state index in [-0.39, 0.29) is 5.41 Å². The van der Waals surface area contributed by atoms with Gasteiger partial charge in [-0.05, 0) is 106 Å². The molecule has 0 saturated heterocycles. The molecule has 0 atom stereocenters. The minimum atomic E-state index is -0.161. The van der Waals surface area contributed by atoms with Crippen molar-refractivity contribution in [2.24, 2.45) is 0 Å². The molecule has 0 unspecified atom stereocenters. The minimum Gasteiger partial charge on any atom is -0.256 e. The van der Waals surface area contributed by atoms with Crippen molar-refractivity contribution in [3.8, 4) is 33.4 Å². The Balaban J connectivity index is 1.13. The van der Waals surface area contributed by atoms with Crippen LogP contribution in [-0.2, 0) is 5.41 Å². The van der Waals surface area contributed by atoms with E-state index in [1.54, 1.807) is 0 Å². The summed E-state index contributed by atoms with van der Waals surface area (Å²) in [7, 11) is 0. The van der Waals surface area contributed by atoms with Crippen LogP contribution in [0.15, 0.2) is 152 Å². The second-order valence-electron chi connectivity index (χ2n) is 13.5. The summed E-state index contributed by atoms with van der Waals surface area (Å²) in [6, 6.07) is 53.8. The molecule has 0 bridgehead atoms. The zero-order chi connectivity index (χ0) is 31.3. The number of aromatic nitrogens is 1. The van der Waals surface area contributed by atoms with Crippen LogP contribution in [0.3, 0.4) is 0 Å². The van der Waals surface area contributed by atoms with Gasteiger partial charge >= 0.3 is 0 Å². The molecule has 220 valence electrons. The van der Waals surface area contributed by atoms with Crippen molar-refractivity contribution in [2.45, 2.75) is 19.3 Å². The summed E-state index contributed by atoms with van der Waals surface area (Å²) in [6.07, 6.45) is 1.92. The maximum absolute atomic E-state index is 4.87. The summed E-state index contributed by atoms with van der Waals surface area (Å²) in [5.74, 6) is 0. The maximum atomic E-state index is 4.87. The lowest BCUT2D eigenvalue weighted by Crippen LogP contribution is -2.16. The predicted molar refractivity (Wildman–Crippen MR) is 200 cm³/mol. The molecular formula is C46H31N. The molecule has 1 aliphatic carbocycles. The SMILES string of the molecule is CC1(C)c2cc(-c3cccc(-c4ccc5c6ccccc6c6ccccc6c5c4)c3)ccc2-c2c1c1cccnc1c1ccccc21. The topological polar surface area (TPSA) is 12.9 Å². The van der Waals surface area contributed by atoms with E-state index in [2.05, 4.69) is 159 Å².